The van der Waals surface area contributed by atoms with E-state index in [2.05, 4.69) is 48.9 Å². The van der Waals surface area contributed by atoms with Crippen LogP contribution in [0.1, 0.15) is 40.5 Å². The predicted octanol–water partition coefficient (Wildman–Crippen LogP) is 5.97. The zero-order valence-corrected chi connectivity index (χ0v) is 47.9. The summed E-state index contributed by atoms with van der Waals surface area (Å²) in [5.41, 5.74) is -1.46. The minimum atomic E-state index is -4.45. The van der Waals surface area contributed by atoms with Crippen molar-refractivity contribution in [3.8, 4) is 17.4 Å². The third-order valence-electron chi connectivity index (χ3n) is 8.10. The first-order chi connectivity index (χ1) is 35.7. The number of carbonyl (C=O) groups excluding carboxylic acids is 1. The highest BCUT2D eigenvalue weighted by Crippen LogP contribution is 2.34. The van der Waals surface area contributed by atoms with Gasteiger partial charge in [-0.1, -0.05) is 64.6 Å². The number of aryl methyl sites for hydroxylation is 3. The number of nitrogens with one attached hydrogen (secondary N) is 4. The zero-order chi connectivity index (χ0) is 60.3. The quantitative estimate of drug-likeness (QED) is 0.0340. The van der Waals surface area contributed by atoms with Crippen molar-refractivity contribution in [1.82, 2.24) is 39.3 Å². The smallest absolute Gasteiger partial charge is 0.389 e. The molecule has 5 rings (SSSR count). The number of anilines is 2. The van der Waals surface area contributed by atoms with Gasteiger partial charge in [-0.05, 0) is 67.1 Å². The van der Waals surface area contributed by atoms with Crippen LogP contribution in [0.3, 0.4) is 0 Å². The second kappa shape index (κ2) is 31.3. The molecular weight excluding hydrogens is 1220 g/mol. The van der Waals surface area contributed by atoms with E-state index in [0.29, 0.717) is 15.6 Å². The standard InChI is InChI=1S/C15H16F3N5O4S.C11H10Cl2F2N4O3S.C8H6Cl2O3.C3H8NO5P.C3H9S/c1-9-19-12(22-14(20-9)27-2)21-13(24)23-28(25,26)11-6-4-3-5-10(11)7-8-15(16,17)18;1-5-16-19(11(20)18(5)10(14)15)9-4-8(17-23(2,21)22)6(12)3-7(9)13;1-13-7-5(10)3-2-4(9)6(7)8(11)12;5-3(6)1-4-2-10(7,8)9;1-4(2)3/h3-6H,7-8H2,1-2H3,(H2,19,20,21,22,23,24);3-4,10,17H,1-2H3;2-3H,1H3,(H,11,12);4H,1-2H2,(H,5,6)(H2,7,8,9);1-3H3/q;;;;+1/p-1. The number of carboxylic acids is 2. The fourth-order valence-electron chi connectivity index (χ4n) is 5.23. The van der Waals surface area contributed by atoms with Crippen molar-refractivity contribution in [1.29, 1.82) is 0 Å². The fraction of sp³-hybridized carbons (Fsp3) is 0.350. The molecule has 2 amide bonds. The molecule has 2 aromatic heterocycles. The van der Waals surface area contributed by atoms with Gasteiger partial charge in [0.15, 0.2) is 5.75 Å². The van der Waals surface area contributed by atoms with Gasteiger partial charge in [-0.15, -0.1) is 5.10 Å². The summed E-state index contributed by atoms with van der Waals surface area (Å²) in [5.74, 6) is -2.53. The number of urea groups is 1. The number of rotatable bonds is 16. The summed E-state index contributed by atoms with van der Waals surface area (Å²) in [6, 6.07) is 9.01. The molecule has 434 valence electrons. The number of aliphatic carboxylic acids is 1. The number of ether oxygens (including phenoxy) is 2. The lowest BCUT2D eigenvalue weighted by Crippen LogP contribution is -2.35. The highest BCUT2D eigenvalue weighted by Gasteiger charge is 2.29. The number of carbonyl (C=O) groups is 3. The average molecular weight is 1270 g/mol. The summed E-state index contributed by atoms with van der Waals surface area (Å²) < 4.78 is 135. The van der Waals surface area contributed by atoms with Crippen molar-refractivity contribution < 1.29 is 87.2 Å². The van der Waals surface area contributed by atoms with Crippen LogP contribution in [-0.2, 0) is 46.7 Å². The van der Waals surface area contributed by atoms with Gasteiger partial charge < -0.3 is 34.0 Å². The van der Waals surface area contributed by atoms with Gasteiger partial charge in [0.25, 0.3) is 10.0 Å². The number of hydrogen-bond acceptors (Lipinski definition) is 17. The monoisotopic (exact) mass is 1270 g/mol. The number of amides is 2. The van der Waals surface area contributed by atoms with Crippen LogP contribution >= 0.6 is 54.0 Å². The summed E-state index contributed by atoms with van der Waals surface area (Å²) in [5, 5.41) is 24.8. The molecule has 0 bridgehead atoms. The third-order valence-corrected chi connectivity index (χ3v) is 12.0. The van der Waals surface area contributed by atoms with Gasteiger partial charge in [-0.3, -0.25) is 20.2 Å². The Bertz CT molecular complexity index is 3230. The summed E-state index contributed by atoms with van der Waals surface area (Å²) in [7, 11) is -9.16. The first-order valence-electron chi connectivity index (χ1n) is 20.6. The minimum absolute atomic E-state index is 0.0257. The van der Waals surface area contributed by atoms with E-state index in [9.17, 15) is 67.4 Å². The number of nitrogens with zero attached hydrogens (tertiary/aromatic N) is 6. The van der Waals surface area contributed by atoms with E-state index in [-0.39, 0.29) is 76.5 Å². The Morgan fingerprint density at radius 2 is 1.47 bits per heavy atom. The molecule has 1 unspecified atom stereocenters. The topological polar surface area (TPSA) is 365 Å². The average Bonchev–Trinajstić information content (AvgIpc) is 3.58. The van der Waals surface area contributed by atoms with Gasteiger partial charge >= 0.3 is 42.4 Å². The Morgan fingerprint density at radius 1 is 0.897 bits per heavy atom. The molecule has 0 radical (unpaired) electrons. The molecule has 0 saturated carbocycles. The highest BCUT2D eigenvalue weighted by molar-refractivity contribution is 7.94. The molecule has 3 aromatic carbocycles. The predicted molar refractivity (Wildman–Crippen MR) is 279 cm³/mol. The normalized spacial score (nSPS) is 11.9. The molecule has 0 saturated heterocycles. The molecule has 1 atom stereocenters. The van der Waals surface area contributed by atoms with E-state index in [1.54, 1.807) is 4.72 Å². The molecule has 0 aliphatic heterocycles. The second-order valence-corrected chi connectivity index (χ2v) is 24.2. The molecule has 0 aliphatic rings. The fourth-order valence-corrected chi connectivity index (χ4v) is 8.40. The van der Waals surface area contributed by atoms with Crippen molar-refractivity contribution >= 4 is 115 Å². The number of alkyl halides is 5. The second-order valence-electron chi connectivity index (χ2n) is 15.1. The molecule has 25 nitrogen and oxygen atoms in total. The molecule has 5 aromatic rings. The Kier molecular flexibility index (Phi) is 28.2. The van der Waals surface area contributed by atoms with Crippen molar-refractivity contribution in [2.24, 2.45) is 0 Å². The first-order valence-corrected chi connectivity index (χ1v) is 29.7. The van der Waals surface area contributed by atoms with Crippen LogP contribution in [-0.4, -0.2) is 137 Å². The lowest BCUT2D eigenvalue weighted by molar-refractivity contribution is -0.193. The van der Waals surface area contributed by atoms with Crippen LogP contribution in [0.2, 0.25) is 20.1 Å². The molecule has 78 heavy (non-hydrogen) atoms. The number of benzene rings is 3. The van der Waals surface area contributed by atoms with E-state index < -0.39 is 94.6 Å². The van der Waals surface area contributed by atoms with Crippen LogP contribution in [0, 0.1) is 13.8 Å². The molecular formula is C40H48Cl4F5N10O15PS3. The van der Waals surface area contributed by atoms with Crippen molar-refractivity contribution in [3.05, 3.63) is 102 Å². The van der Waals surface area contributed by atoms with E-state index in [4.69, 9.17) is 71.0 Å². The number of aromatic nitrogens is 6. The lowest BCUT2D eigenvalue weighted by Gasteiger charge is -2.14. The van der Waals surface area contributed by atoms with Crippen LogP contribution in [0.5, 0.6) is 11.8 Å². The van der Waals surface area contributed by atoms with Crippen LogP contribution in [0.25, 0.3) is 5.69 Å². The Hall–Kier alpha value is -5.61. The maximum absolute atomic E-state index is 12.8. The Morgan fingerprint density at radius 3 is 1.95 bits per heavy atom. The maximum Gasteiger partial charge on any atom is 0.389 e. The van der Waals surface area contributed by atoms with Gasteiger partial charge in [-0.25, -0.2) is 40.5 Å². The minimum Gasteiger partial charge on any atom is -0.778 e. The van der Waals surface area contributed by atoms with Crippen molar-refractivity contribution in [2.45, 2.75) is 44.3 Å². The number of halogens is 9. The largest absolute Gasteiger partial charge is 0.778 e. The molecule has 0 fully saturated rings. The van der Waals surface area contributed by atoms with Gasteiger partial charge in [0.1, 0.15) is 24.8 Å². The molecule has 7 N–H and O–H groups in total. The van der Waals surface area contributed by atoms with Crippen molar-refractivity contribution in [2.75, 3.05) is 62.1 Å². The molecule has 38 heteroatoms. The van der Waals surface area contributed by atoms with E-state index >= 15 is 0 Å². The number of methoxy groups -OCH3 is 2. The molecule has 0 aliphatic carbocycles. The Labute approximate surface area is 464 Å². The van der Waals surface area contributed by atoms with E-state index in [1.165, 1.54) is 64.5 Å². The maximum atomic E-state index is 12.8. The van der Waals surface area contributed by atoms with E-state index in [0.717, 1.165) is 18.4 Å². The highest BCUT2D eigenvalue weighted by atomic mass is 35.5. The molecule has 0 spiro atoms. The number of aromatic carboxylic acids is 1. The number of carboxylic acid groups (broad SMARTS) is 2. The lowest BCUT2D eigenvalue weighted by atomic mass is 10.1. The van der Waals surface area contributed by atoms with Gasteiger partial charge in [0, 0.05) is 6.42 Å². The van der Waals surface area contributed by atoms with Crippen LogP contribution < -0.4 is 40.1 Å². The van der Waals surface area contributed by atoms with E-state index in [1.807, 2.05) is 5.32 Å². The molecule has 2 heterocycles. The SMILES string of the molecule is COc1c(Cl)ccc(Cl)c1C(=O)O.COc1nc(C)nc(NC(=O)NS(=O)(=O)c2ccccc2CCC(F)(F)F)n1.C[S+](C)C.Cc1nn(-c2cc(NS(C)(=O)=O)c(Cl)cc2Cl)c(=O)n1C(F)F.O=C(O)CNCP(=O)([O-])O. The van der Waals surface area contributed by atoms with Gasteiger partial charge in [0.2, 0.25) is 16.0 Å². The third kappa shape index (κ3) is 25.5. The van der Waals surface area contributed by atoms with Crippen LogP contribution in [0.15, 0.2) is 58.2 Å². The van der Waals surface area contributed by atoms with Gasteiger partial charge in [0.05, 0.1) is 88.4 Å². The number of hydrogen-bond donors (Lipinski definition) is 7. The number of sulfonamides is 2. The van der Waals surface area contributed by atoms with Gasteiger partial charge in [-0.2, -0.15) is 41.6 Å². The Balaban J connectivity index is 0.000000542. The van der Waals surface area contributed by atoms with Crippen LogP contribution in [0.4, 0.5) is 38.4 Å². The summed E-state index contributed by atoms with van der Waals surface area (Å²) in [6.45, 7) is -0.826. The summed E-state index contributed by atoms with van der Waals surface area (Å²) in [6.07, 6.45) is 0.581. The summed E-state index contributed by atoms with van der Waals surface area (Å²) in [4.78, 5) is 73.4. The first kappa shape index (κ1) is 70.4. The summed E-state index contributed by atoms with van der Waals surface area (Å²) >= 11 is 23.2. The van der Waals surface area contributed by atoms with Crippen molar-refractivity contribution in [3.63, 3.8) is 0 Å². The zero-order valence-electron chi connectivity index (χ0n) is 41.5.